The summed E-state index contributed by atoms with van der Waals surface area (Å²) in [6, 6.07) is 16.1. The summed E-state index contributed by atoms with van der Waals surface area (Å²) in [5.74, 6) is -0.0125. The quantitative estimate of drug-likeness (QED) is 0.697. The first-order chi connectivity index (χ1) is 11.5. The van der Waals surface area contributed by atoms with E-state index in [2.05, 4.69) is 15.5 Å². The fourth-order valence-corrected chi connectivity index (χ4v) is 4.12. The van der Waals surface area contributed by atoms with Crippen molar-refractivity contribution in [2.75, 3.05) is 0 Å². The normalized spacial score (nSPS) is 12.9. The van der Waals surface area contributed by atoms with Crippen molar-refractivity contribution >= 4 is 21.4 Å². The Kier molecular flexibility index (Phi) is 4.64. The molecule has 0 aliphatic carbocycles. The van der Waals surface area contributed by atoms with Crippen molar-refractivity contribution in [3.8, 4) is 5.69 Å². The van der Waals surface area contributed by atoms with Gasteiger partial charge in [0.25, 0.3) is 0 Å². The van der Waals surface area contributed by atoms with Crippen LogP contribution >= 0.6 is 11.6 Å². The van der Waals surface area contributed by atoms with E-state index in [1.54, 1.807) is 31.2 Å². The van der Waals surface area contributed by atoms with E-state index < -0.39 is 15.1 Å². The Hall–Kier alpha value is -2.25. The molecule has 0 fully saturated rings. The number of benzene rings is 2. The van der Waals surface area contributed by atoms with E-state index in [1.807, 2.05) is 30.3 Å². The van der Waals surface area contributed by atoms with Crippen LogP contribution in [0.15, 0.2) is 54.6 Å². The minimum Gasteiger partial charge on any atom is -0.228 e. The van der Waals surface area contributed by atoms with Crippen molar-refractivity contribution in [1.82, 2.24) is 20.2 Å². The monoisotopic (exact) mass is 362 g/mol. The molecule has 1 unspecified atom stereocenters. The number of hydrogen-bond donors (Lipinski definition) is 0. The van der Waals surface area contributed by atoms with Gasteiger partial charge >= 0.3 is 0 Å². The van der Waals surface area contributed by atoms with Gasteiger partial charge in [0.1, 0.15) is 5.75 Å². The molecular weight excluding hydrogens is 348 g/mol. The predicted molar refractivity (Wildman–Crippen MR) is 91.6 cm³/mol. The number of halogens is 1. The zero-order valence-corrected chi connectivity index (χ0v) is 14.4. The van der Waals surface area contributed by atoms with Crippen molar-refractivity contribution < 1.29 is 8.42 Å². The van der Waals surface area contributed by atoms with Gasteiger partial charge in [0.05, 0.1) is 10.9 Å². The molecule has 1 aromatic heterocycles. The standard InChI is InChI=1S/C16H15ClN4O2S/c1-12(14-9-5-6-10-15(14)17)24(22,23)11-16-18-19-20-21(16)13-7-3-2-4-8-13/h2-10,12H,11H2,1H3. The first kappa shape index (κ1) is 16.6. The van der Waals surface area contributed by atoms with E-state index in [1.165, 1.54) is 4.68 Å². The molecule has 0 saturated carbocycles. The van der Waals surface area contributed by atoms with Crippen LogP contribution in [0.5, 0.6) is 0 Å². The lowest BCUT2D eigenvalue weighted by atomic mass is 10.2. The van der Waals surface area contributed by atoms with Gasteiger partial charge in [0, 0.05) is 5.02 Å². The second-order valence-electron chi connectivity index (χ2n) is 5.31. The topological polar surface area (TPSA) is 77.7 Å². The molecule has 124 valence electrons. The highest BCUT2D eigenvalue weighted by molar-refractivity contribution is 7.90. The maximum Gasteiger partial charge on any atom is 0.171 e. The highest BCUT2D eigenvalue weighted by Gasteiger charge is 2.27. The van der Waals surface area contributed by atoms with Gasteiger partial charge in [0.2, 0.25) is 0 Å². The highest BCUT2D eigenvalue weighted by atomic mass is 35.5. The van der Waals surface area contributed by atoms with Gasteiger partial charge in [-0.2, -0.15) is 4.68 Å². The molecule has 0 N–H and O–H groups in total. The second-order valence-corrected chi connectivity index (χ2v) is 8.04. The lowest BCUT2D eigenvalue weighted by Crippen LogP contribution is -2.16. The summed E-state index contributed by atoms with van der Waals surface area (Å²) in [6.45, 7) is 1.62. The summed E-state index contributed by atoms with van der Waals surface area (Å²) in [6.07, 6.45) is 0. The van der Waals surface area contributed by atoms with Crippen LogP contribution in [0.25, 0.3) is 5.69 Å². The van der Waals surface area contributed by atoms with Gasteiger partial charge in [-0.15, -0.1) is 5.10 Å². The number of sulfone groups is 1. The van der Waals surface area contributed by atoms with Gasteiger partial charge < -0.3 is 0 Å². The van der Waals surface area contributed by atoms with Crippen LogP contribution in [0.4, 0.5) is 0 Å². The van der Waals surface area contributed by atoms with E-state index in [9.17, 15) is 8.42 Å². The fraction of sp³-hybridized carbons (Fsp3) is 0.188. The van der Waals surface area contributed by atoms with Crippen molar-refractivity contribution in [2.24, 2.45) is 0 Å². The molecule has 1 heterocycles. The molecule has 0 aliphatic heterocycles. The minimum atomic E-state index is -3.54. The molecule has 24 heavy (non-hydrogen) atoms. The third-order valence-corrected chi connectivity index (χ3v) is 6.08. The van der Waals surface area contributed by atoms with Gasteiger partial charge in [-0.1, -0.05) is 48.0 Å². The highest BCUT2D eigenvalue weighted by Crippen LogP contribution is 2.30. The average Bonchev–Trinajstić information content (AvgIpc) is 3.03. The summed E-state index contributed by atoms with van der Waals surface area (Å²) < 4.78 is 27.0. The molecular formula is C16H15ClN4O2S. The maximum absolute atomic E-state index is 12.8. The lowest BCUT2D eigenvalue weighted by molar-refractivity contribution is 0.582. The van der Waals surface area contributed by atoms with E-state index in [0.717, 1.165) is 0 Å². The molecule has 6 nitrogen and oxygen atoms in total. The Morgan fingerprint density at radius 3 is 2.46 bits per heavy atom. The Morgan fingerprint density at radius 2 is 1.75 bits per heavy atom. The summed E-state index contributed by atoms with van der Waals surface area (Å²) in [5, 5.41) is 11.0. The second kappa shape index (κ2) is 6.70. The summed E-state index contributed by atoms with van der Waals surface area (Å²) in [7, 11) is -3.54. The molecule has 3 aromatic rings. The van der Waals surface area contributed by atoms with Gasteiger partial charge in [-0.05, 0) is 41.1 Å². The molecule has 8 heteroatoms. The van der Waals surface area contributed by atoms with Gasteiger partial charge in [-0.25, -0.2) is 8.42 Å². The molecule has 0 amide bonds. The minimum absolute atomic E-state index is 0.264. The number of nitrogens with zero attached hydrogens (tertiary/aromatic N) is 4. The maximum atomic E-state index is 12.8. The molecule has 0 aliphatic rings. The molecule has 0 spiro atoms. The van der Waals surface area contributed by atoms with E-state index in [0.29, 0.717) is 16.3 Å². The van der Waals surface area contributed by atoms with Crippen LogP contribution in [0, 0.1) is 0 Å². The number of hydrogen-bond acceptors (Lipinski definition) is 5. The predicted octanol–water partition coefficient (Wildman–Crippen LogP) is 2.99. The Balaban J connectivity index is 1.91. The third-order valence-electron chi connectivity index (χ3n) is 3.75. The van der Waals surface area contributed by atoms with Gasteiger partial charge in [0.15, 0.2) is 15.7 Å². The van der Waals surface area contributed by atoms with Gasteiger partial charge in [-0.3, -0.25) is 0 Å². The van der Waals surface area contributed by atoms with E-state index in [-0.39, 0.29) is 11.6 Å². The van der Waals surface area contributed by atoms with Crippen molar-refractivity contribution in [1.29, 1.82) is 0 Å². The first-order valence-electron chi connectivity index (χ1n) is 7.28. The third kappa shape index (κ3) is 3.32. The first-order valence-corrected chi connectivity index (χ1v) is 9.37. The number of para-hydroxylation sites is 1. The largest absolute Gasteiger partial charge is 0.228 e. The van der Waals surface area contributed by atoms with Crippen LogP contribution in [-0.4, -0.2) is 28.6 Å². The number of tetrazole rings is 1. The van der Waals surface area contributed by atoms with Crippen LogP contribution < -0.4 is 0 Å². The van der Waals surface area contributed by atoms with Crippen LogP contribution in [0.1, 0.15) is 23.6 Å². The molecule has 3 rings (SSSR count). The molecule has 0 saturated heterocycles. The van der Waals surface area contributed by atoms with Crippen LogP contribution in [0.2, 0.25) is 5.02 Å². The smallest absolute Gasteiger partial charge is 0.171 e. The molecule has 1 atom stereocenters. The van der Waals surface area contributed by atoms with Crippen molar-refractivity contribution in [2.45, 2.75) is 17.9 Å². The Bertz CT molecular complexity index is 941. The van der Waals surface area contributed by atoms with E-state index in [4.69, 9.17) is 11.6 Å². The molecule has 0 bridgehead atoms. The zero-order valence-electron chi connectivity index (χ0n) is 12.9. The SMILES string of the molecule is CC(c1ccccc1Cl)S(=O)(=O)Cc1nnnn1-c1ccccc1. The van der Waals surface area contributed by atoms with Crippen LogP contribution in [-0.2, 0) is 15.6 Å². The molecule has 0 radical (unpaired) electrons. The Morgan fingerprint density at radius 1 is 1.08 bits per heavy atom. The fourth-order valence-electron chi connectivity index (χ4n) is 2.37. The van der Waals surface area contributed by atoms with Crippen molar-refractivity contribution in [3.05, 3.63) is 71.0 Å². The summed E-state index contributed by atoms with van der Waals surface area (Å²) in [4.78, 5) is 0. The average molecular weight is 363 g/mol. The number of rotatable bonds is 5. The Labute approximate surface area is 145 Å². The molecule has 2 aromatic carbocycles. The lowest BCUT2D eigenvalue weighted by Gasteiger charge is -2.14. The van der Waals surface area contributed by atoms with Crippen molar-refractivity contribution in [3.63, 3.8) is 0 Å². The number of aromatic nitrogens is 4. The van der Waals surface area contributed by atoms with Crippen LogP contribution in [0.3, 0.4) is 0 Å². The summed E-state index contributed by atoms with van der Waals surface area (Å²) >= 11 is 6.12. The zero-order chi connectivity index (χ0) is 17.2. The van der Waals surface area contributed by atoms with E-state index >= 15 is 0 Å². The summed E-state index contributed by atoms with van der Waals surface area (Å²) in [5.41, 5.74) is 1.27.